The van der Waals surface area contributed by atoms with E-state index in [9.17, 15) is 5.11 Å². The Hall–Kier alpha value is -0.0400. The van der Waals surface area contributed by atoms with Crippen molar-refractivity contribution >= 4 is 0 Å². The normalized spacial score (nSPS) is 15.8. The third-order valence-electron chi connectivity index (χ3n) is 3.25. The molecule has 0 spiro atoms. The van der Waals surface area contributed by atoms with E-state index in [0.717, 1.165) is 6.42 Å². The summed E-state index contributed by atoms with van der Waals surface area (Å²) >= 11 is 0. The highest BCUT2D eigenvalue weighted by atomic mass is 16.3. The van der Waals surface area contributed by atoms with Crippen LogP contribution < -0.4 is 0 Å². The Morgan fingerprint density at radius 2 is 1.33 bits per heavy atom. The molecular formula is C11H24O. The Morgan fingerprint density at radius 3 is 1.42 bits per heavy atom. The molecule has 1 nitrogen and oxygen atoms in total. The van der Waals surface area contributed by atoms with Gasteiger partial charge in [0.05, 0.1) is 5.60 Å². The van der Waals surface area contributed by atoms with Gasteiger partial charge in [-0.1, -0.05) is 48.0 Å². The molecule has 12 heavy (non-hydrogen) atoms. The van der Waals surface area contributed by atoms with Crippen LogP contribution in [0.5, 0.6) is 0 Å². The lowest BCUT2D eigenvalue weighted by atomic mass is 9.71. The molecule has 1 heteroatoms. The van der Waals surface area contributed by atoms with Gasteiger partial charge in [0.25, 0.3) is 0 Å². The molecule has 0 bridgehead atoms. The van der Waals surface area contributed by atoms with E-state index in [1.807, 2.05) is 0 Å². The summed E-state index contributed by atoms with van der Waals surface area (Å²) in [5, 5.41) is 10.4. The molecule has 1 atom stereocenters. The van der Waals surface area contributed by atoms with E-state index in [1.165, 1.54) is 0 Å². The van der Waals surface area contributed by atoms with Crippen LogP contribution >= 0.6 is 0 Å². The van der Waals surface area contributed by atoms with E-state index >= 15 is 0 Å². The Labute approximate surface area is 77.2 Å². The molecule has 0 rings (SSSR count). The first-order chi connectivity index (χ1) is 5.37. The molecule has 0 saturated carbocycles. The van der Waals surface area contributed by atoms with Crippen LogP contribution in [0.1, 0.15) is 48.0 Å². The molecule has 0 aliphatic rings. The summed E-state index contributed by atoms with van der Waals surface area (Å²) in [6.07, 6.45) is 1.05. The highest BCUT2D eigenvalue weighted by molar-refractivity contribution is 4.89. The summed E-state index contributed by atoms with van der Waals surface area (Å²) in [5.74, 6) is 1.07. The Balaban J connectivity index is 4.61. The molecule has 0 aromatic carbocycles. The zero-order chi connectivity index (χ0) is 9.94. The summed E-state index contributed by atoms with van der Waals surface area (Å²) in [6, 6.07) is 0. The van der Waals surface area contributed by atoms with Gasteiger partial charge in [0.1, 0.15) is 0 Å². The van der Waals surface area contributed by atoms with Crippen molar-refractivity contribution in [3.05, 3.63) is 0 Å². The zero-order valence-electron chi connectivity index (χ0n) is 9.39. The molecule has 0 saturated heterocycles. The van der Waals surface area contributed by atoms with E-state index in [-0.39, 0.29) is 0 Å². The summed E-state index contributed by atoms with van der Waals surface area (Å²) in [4.78, 5) is 0. The molecule has 0 aromatic heterocycles. The van der Waals surface area contributed by atoms with Crippen molar-refractivity contribution in [1.82, 2.24) is 0 Å². The minimum atomic E-state index is -0.491. The monoisotopic (exact) mass is 172 g/mol. The molecule has 0 unspecified atom stereocenters. The van der Waals surface area contributed by atoms with Crippen molar-refractivity contribution in [2.45, 2.75) is 53.6 Å². The van der Waals surface area contributed by atoms with Crippen molar-refractivity contribution in [3.63, 3.8) is 0 Å². The fraction of sp³-hybridized carbons (Fsp3) is 1.00. The first kappa shape index (κ1) is 12.0. The van der Waals surface area contributed by atoms with E-state index in [1.54, 1.807) is 0 Å². The summed E-state index contributed by atoms with van der Waals surface area (Å²) < 4.78 is 0. The molecule has 0 amide bonds. The second kappa shape index (κ2) is 4.27. The molecule has 0 fully saturated rings. The van der Waals surface area contributed by atoms with Gasteiger partial charge in [-0.25, -0.2) is 0 Å². The standard InChI is InChI=1S/C11H24O/c1-7-10(6)11(12,8(2)3)9(4)5/h8-10,12H,7H2,1-6H3/t10-/m1/s1. The largest absolute Gasteiger partial charge is 0.389 e. The predicted molar refractivity (Wildman–Crippen MR) is 54.1 cm³/mol. The third-order valence-corrected chi connectivity index (χ3v) is 3.25. The minimum Gasteiger partial charge on any atom is -0.389 e. The van der Waals surface area contributed by atoms with Gasteiger partial charge in [0.15, 0.2) is 0 Å². The molecule has 0 aliphatic carbocycles. The van der Waals surface area contributed by atoms with E-state index in [0.29, 0.717) is 17.8 Å². The average molecular weight is 172 g/mol. The second-order valence-corrected chi connectivity index (χ2v) is 4.51. The SMILES string of the molecule is CC[C@@H](C)C(O)(C(C)C)C(C)C. The average Bonchev–Trinajstić information content (AvgIpc) is 2.00. The van der Waals surface area contributed by atoms with Crippen molar-refractivity contribution in [2.75, 3.05) is 0 Å². The van der Waals surface area contributed by atoms with Gasteiger partial charge < -0.3 is 5.11 Å². The minimum absolute atomic E-state index is 0.340. The first-order valence-electron chi connectivity index (χ1n) is 5.09. The number of hydrogen-bond acceptors (Lipinski definition) is 1. The fourth-order valence-corrected chi connectivity index (χ4v) is 2.13. The van der Waals surface area contributed by atoms with Crippen molar-refractivity contribution in [2.24, 2.45) is 17.8 Å². The van der Waals surface area contributed by atoms with E-state index in [2.05, 4.69) is 41.5 Å². The van der Waals surface area contributed by atoms with E-state index in [4.69, 9.17) is 0 Å². The molecule has 1 N–H and O–H groups in total. The Kier molecular flexibility index (Phi) is 4.25. The van der Waals surface area contributed by atoms with Gasteiger partial charge in [-0.2, -0.15) is 0 Å². The van der Waals surface area contributed by atoms with Crippen LogP contribution in [0.4, 0.5) is 0 Å². The van der Waals surface area contributed by atoms with Crippen molar-refractivity contribution in [1.29, 1.82) is 0 Å². The molecule has 0 heterocycles. The lowest BCUT2D eigenvalue weighted by Gasteiger charge is -2.41. The smallest absolute Gasteiger partial charge is 0.0718 e. The molecule has 0 aromatic rings. The topological polar surface area (TPSA) is 20.2 Å². The van der Waals surface area contributed by atoms with Crippen LogP contribution in [0.2, 0.25) is 0 Å². The van der Waals surface area contributed by atoms with E-state index < -0.39 is 5.60 Å². The maximum absolute atomic E-state index is 10.4. The molecule has 0 aliphatic heterocycles. The number of aliphatic hydroxyl groups is 1. The maximum atomic E-state index is 10.4. The third kappa shape index (κ3) is 2.01. The zero-order valence-corrected chi connectivity index (χ0v) is 9.39. The quantitative estimate of drug-likeness (QED) is 0.691. The fourth-order valence-electron chi connectivity index (χ4n) is 2.13. The van der Waals surface area contributed by atoms with Crippen LogP contribution in [0.15, 0.2) is 0 Å². The van der Waals surface area contributed by atoms with Crippen molar-refractivity contribution < 1.29 is 5.11 Å². The lowest BCUT2D eigenvalue weighted by molar-refractivity contribution is -0.0913. The highest BCUT2D eigenvalue weighted by Gasteiger charge is 2.38. The number of hydrogen-bond donors (Lipinski definition) is 1. The molecular weight excluding hydrogens is 148 g/mol. The second-order valence-electron chi connectivity index (χ2n) is 4.51. The summed E-state index contributed by atoms with van der Waals surface area (Å²) in [5.41, 5.74) is -0.491. The Morgan fingerprint density at radius 1 is 1.00 bits per heavy atom. The van der Waals surface area contributed by atoms with Crippen molar-refractivity contribution in [3.8, 4) is 0 Å². The van der Waals surface area contributed by atoms with Crippen LogP contribution in [0.3, 0.4) is 0 Å². The van der Waals surface area contributed by atoms with Crippen LogP contribution in [0, 0.1) is 17.8 Å². The van der Waals surface area contributed by atoms with Crippen LogP contribution in [-0.4, -0.2) is 10.7 Å². The van der Waals surface area contributed by atoms with Gasteiger partial charge in [0.2, 0.25) is 0 Å². The van der Waals surface area contributed by atoms with Gasteiger partial charge >= 0.3 is 0 Å². The van der Waals surface area contributed by atoms with Crippen LogP contribution in [-0.2, 0) is 0 Å². The molecule has 0 radical (unpaired) electrons. The molecule has 74 valence electrons. The van der Waals surface area contributed by atoms with Gasteiger partial charge in [-0.3, -0.25) is 0 Å². The van der Waals surface area contributed by atoms with Crippen LogP contribution in [0.25, 0.3) is 0 Å². The lowest BCUT2D eigenvalue weighted by Crippen LogP contribution is -2.46. The first-order valence-corrected chi connectivity index (χ1v) is 5.09. The highest BCUT2D eigenvalue weighted by Crippen LogP contribution is 2.35. The number of rotatable bonds is 4. The maximum Gasteiger partial charge on any atom is 0.0718 e. The van der Waals surface area contributed by atoms with Gasteiger partial charge in [-0.15, -0.1) is 0 Å². The summed E-state index contributed by atoms with van der Waals surface area (Å²) in [7, 11) is 0. The van der Waals surface area contributed by atoms with Gasteiger partial charge in [-0.05, 0) is 17.8 Å². The predicted octanol–water partition coefficient (Wildman–Crippen LogP) is 3.08. The van der Waals surface area contributed by atoms with Gasteiger partial charge in [0, 0.05) is 0 Å². The summed E-state index contributed by atoms with van der Waals surface area (Å²) in [6.45, 7) is 12.7. The Bertz CT molecular complexity index is 119.